The number of nitrogens with zero attached hydrogens (tertiary/aromatic N) is 1. The summed E-state index contributed by atoms with van der Waals surface area (Å²) in [5.74, 6) is 0.212. The number of methoxy groups -OCH3 is 1. The van der Waals surface area contributed by atoms with E-state index < -0.39 is 6.03 Å². The van der Waals surface area contributed by atoms with Crippen LogP contribution in [0.4, 0.5) is 16.2 Å². The number of hydrazone groups is 1. The van der Waals surface area contributed by atoms with Gasteiger partial charge in [0.15, 0.2) is 18.1 Å². The van der Waals surface area contributed by atoms with Gasteiger partial charge < -0.3 is 20.1 Å². The molecule has 0 radical (unpaired) electrons. The number of halogens is 1. The van der Waals surface area contributed by atoms with Gasteiger partial charge in [-0.1, -0.05) is 47.5 Å². The van der Waals surface area contributed by atoms with Crippen molar-refractivity contribution in [3.63, 3.8) is 0 Å². The normalized spacial score (nSPS) is 10.6. The highest BCUT2D eigenvalue weighted by Crippen LogP contribution is 2.36. The van der Waals surface area contributed by atoms with Crippen LogP contribution < -0.4 is 25.5 Å². The summed E-state index contributed by atoms with van der Waals surface area (Å²) in [4.78, 5) is 24.3. The molecule has 0 spiro atoms. The van der Waals surface area contributed by atoms with Crippen LogP contribution in [0.3, 0.4) is 0 Å². The second-order valence-corrected chi connectivity index (χ2v) is 7.78. The lowest BCUT2D eigenvalue weighted by Gasteiger charge is -2.13. The average molecular weight is 481 g/mol. The van der Waals surface area contributed by atoms with E-state index in [4.69, 9.17) is 21.1 Å². The van der Waals surface area contributed by atoms with Gasteiger partial charge in [-0.2, -0.15) is 5.10 Å². The predicted octanol–water partition coefficient (Wildman–Crippen LogP) is 5.14. The molecule has 9 heteroatoms. The van der Waals surface area contributed by atoms with Gasteiger partial charge in [-0.05, 0) is 55.3 Å². The average Bonchev–Trinajstić information content (AvgIpc) is 2.81. The van der Waals surface area contributed by atoms with Crippen molar-refractivity contribution in [2.75, 3.05) is 24.4 Å². The molecular weight excluding hydrogens is 456 g/mol. The minimum absolute atomic E-state index is 0.227. The van der Waals surface area contributed by atoms with Crippen LogP contribution in [0.2, 0.25) is 5.02 Å². The number of carbonyl (C=O) groups is 2. The van der Waals surface area contributed by atoms with E-state index in [-0.39, 0.29) is 23.3 Å². The van der Waals surface area contributed by atoms with Crippen LogP contribution in [0, 0.1) is 13.8 Å². The monoisotopic (exact) mass is 480 g/mol. The Bertz CT molecular complexity index is 1200. The van der Waals surface area contributed by atoms with Gasteiger partial charge in [-0.25, -0.2) is 10.2 Å². The molecule has 0 aliphatic carbocycles. The SMILES string of the molecule is COc1cc(C=NNC(=O)Nc2ccccc2C)cc(Cl)c1OCC(=O)Nc1ccc(C)cc1. The molecule has 3 aromatic rings. The van der Waals surface area contributed by atoms with Gasteiger partial charge >= 0.3 is 6.03 Å². The molecule has 0 atom stereocenters. The fraction of sp³-hybridized carbons (Fsp3) is 0.160. The summed E-state index contributed by atoms with van der Waals surface area (Å²) in [6, 6.07) is 17.6. The summed E-state index contributed by atoms with van der Waals surface area (Å²) >= 11 is 6.34. The predicted molar refractivity (Wildman–Crippen MR) is 134 cm³/mol. The third-order valence-electron chi connectivity index (χ3n) is 4.71. The fourth-order valence-corrected chi connectivity index (χ4v) is 3.23. The first kappa shape index (κ1) is 24.6. The number of rotatable bonds is 8. The van der Waals surface area contributed by atoms with E-state index in [1.54, 1.807) is 18.2 Å². The minimum Gasteiger partial charge on any atom is -0.493 e. The highest BCUT2D eigenvalue weighted by molar-refractivity contribution is 6.32. The fourth-order valence-electron chi connectivity index (χ4n) is 2.95. The maximum absolute atomic E-state index is 12.2. The number of benzene rings is 3. The third kappa shape index (κ3) is 6.98. The van der Waals surface area contributed by atoms with Crippen molar-refractivity contribution in [3.05, 3.63) is 82.4 Å². The molecule has 3 amide bonds. The van der Waals surface area contributed by atoms with E-state index in [0.717, 1.165) is 11.1 Å². The van der Waals surface area contributed by atoms with Gasteiger partial charge in [0.05, 0.1) is 18.3 Å². The highest BCUT2D eigenvalue weighted by atomic mass is 35.5. The van der Waals surface area contributed by atoms with E-state index in [1.807, 2.05) is 56.3 Å². The lowest BCUT2D eigenvalue weighted by Crippen LogP contribution is -2.24. The molecule has 3 aromatic carbocycles. The number of hydrogen-bond acceptors (Lipinski definition) is 5. The molecule has 0 bridgehead atoms. The molecule has 0 aliphatic rings. The molecule has 0 fully saturated rings. The van der Waals surface area contributed by atoms with Gasteiger partial charge in [0.25, 0.3) is 5.91 Å². The zero-order valence-corrected chi connectivity index (χ0v) is 19.8. The molecule has 3 rings (SSSR count). The van der Waals surface area contributed by atoms with Crippen molar-refractivity contribution in [1.29, 1.82) is 0 Å². The molecule has 0 saturated carbocycles. The number of aryl methyl sites for hydroxylation is 2. The van der Waals surface area contributed by atoms with Crippen LogP contribution in [0.1, 0.15) is 16.7 Å². The van der Waals surface area contributed by atoms with Crippen LogP contribution >= 0.6 is 11.6 Å². The molecule has 0 saturated heterocycles. The van der Waals surface area contributed by atoms with Gasteiger partial charge in [0.1, 0.15) is 0 Å². The van der Waals surface area contributed by atoms with Crippen molar-refractivity contribution >= 4 is 41.1 Å². The van der Waals surface area contributed by atoms with Crippen molar-refractivity contribution in [2.24, 2.45) is 5.10 Å². The number of carbonyl (C=O) groups excluding carboxylic acids is 2. The number of nitrogens with one attached hydrogen (secondary N) is 3. The summed E-state index contributed by atoms with van der Waals surface area (Å²) in [7, 11) is 1.46. The molecule has 8 nitrogen and oxygen atoms in total. The lowest BCUT2D eigenvalue weighted by molar-refractivity contribution is -0.118. The number of anilines is 2. The Kier molecular flexibility index (Phi) is 8.48. The number of para-hydroxylation sites is 1. The molecule has 0 unspecified atom stereocenters. The number of ether oxygens (including phenoxy) is 2. The molecule has 0 aromatic heterocycles. The Morgan fingerprint density at radius 3 is 2.47 bits per heavy atom. The summed E-state index contributed by atoms with van der Waals surface area (Å²) in [6.45, 7) is 3.61. The third-order valence-corrected chi connectivity index (χ3v) is 4.99. The first-order valence-corrected chi connectivity index (χ1v) is 10.8. The molecular formula is C25H25ClN4O4. The molecule has 3 N–H and O–H groups in total. The Labute approximate surface area is 202 Å². The van der Waals surface area contributed by atoms with Gasteiger partial charge in [0.2, 0.25) is 0 Å². The summed E-state index contributed by atoms with van der Waals surface area (Å²) < 4.78 is 10.9. The minimum atomic E-state index is -0.483. The molecule has 0 heterocycles. The zero-order valence-electron chi connectivity index (χ0n) is 19.0. The number of hydrogen-bond donors (Lipinski definition) is 3. The van der Waals surface area contributed by atoms with Gasteiger partial charge in [-0.15, -0.1) is 0 Å². The van der Waals surface area contributed by atoms with E-state index in [1.165, 1.54) is 13.3 Å². The Balaban J connectivity index is 1.59. The number of urea groups is 1. The van der Waals surface area contributed by atoms with Gasteiger partial charge in [-0.3, -0.25) is 4.79 Å². The smallest absolute Gasteiger partial charge is 0.339 e. The zero-order chi connectivity index (χ0) is 24.5. The highest BCUT2D eigenvalue weighted by Gasteiger charge is 2.14. The summed E-state index contributed by atoms with van der Waals surface area (Å²) in [5.41, 5.74) is 6.34. The second-order valence-electron chi connectivity index (χ2n) is 7.38. The maximum Gasteiger partial charge on any atom is 0.339 e. The van der Waals surface area contributed by atoms with Crippen molar-refractivity contribution in [3.8, 4) is 11.5 Å². The lowest BCUT2D eigenvalue weighted by atomic mass is 10.2. The molecule has 0 aliphatic heterocycles. The standard InChI is InChI=1S/C25H25ClN4O4/c1-16-8-10-19(11-9-16)28-23(31)15-34-24-20(26)12-18(13-22(24)33-3)14-27-30-25(32)29-21-7-5-4-6-17(21)2/h4-14H,15H2,1-3H3,(H,28,31)(H2,29,30,32). The van der Waals surface area contributed by atoms with Crippen LogP contribution in [0.25, 0.3) is 0 Å². The van der Waals surface area contributed by atoms with E-state index in [0.29, 0.717) is 22.7 Å². The summed E-state index contributed by atoms with van der Waals surface area (Å²) in [5, 5.41) is 9.63. The quantitative estimate of drug-likeness (QED) is 0.307. The van der Waals surface area contributed by atoms with Crippen LogP contribution in [0.5, 0.6) is 11.5 Å². The first-order valence-electron chi connectivity index (χ1n) is 10.4. The van der Waals surface area contributed by atoms with E-state index in [9.17, 15) is 9.59 Å². The van der Waals surface area contributed by atoms with Crippen molar-refractivity contribution in [1.82, 2.24) is 5.43 Å². The topological polar surface area (TPSA) is 101 Å². The maximum atomic E-state index is 12.2. The molecule has 34 heavy (non-hydrogen) atoms. The van der Waals surface area contributed by atoms with Gasteiger partial charge in [0, 0.05) is 11.4 Å². The van der Waals surface area contributed by atoms with E-state index in [2.05, 4.69) is 21.2 Å². The van der Waals surface area contributed by atoms with Crippen molar-refractivity contribution < 1.29 is 19.1 Å². The number of amides is 3. The Morgan fingerprint density at radius 1 is 1.03 bits per heavy atom. The van der Waals surface area contributed by atoms with Crippen LogP contribution in [-0.2, 0) is 4.79 Å². The van der Waals surface area contributed by atoms with Crippen molar-refractivity contribution in [2.45, 2.75) is 13.8 Å². The van der Waals surface area contributed by atoms with E-state index >= 15 is 0 Å². The Hall–Kier alpha value is -4.04. The first-order chi connectivity index (χ1) is 16.4. The van der Waals surface area contributed by atoms with Crippen LogP contribution in [0.15, 0.2) is 65.8 Å². The summed E-state index contributed by atoms with van der Waals surface area (Å²) in [6.07, 6.45) is 1.42. The second kappa shape index (κ2) is 11.7. The Morgan fingerprint density at radius 2 is 1.76 bits per heavy atom. The molecule has 176 valence electrons. The van der Waals surface area contributed by atoms with Crippen LogP contribution in [-0.4, -0.2) is 31.9 Å². The largest absolute Gasteiger partial charge is 0.493 e.